The van der Waals surface area contributed by atoms with Crippen LogP contribution in [0.15, 0.2) is 51.3 Å². The van der Waals surface area contributed by atoms with Crippen molar-refractivity contribution in [2.24, 2.45) is 0 Å². The lowest BCUT2D eigenvalue weighted by atomic mass is 10.2. The van der Waals surface area contributed by atoms with Crippen LogP contribution in [0.25, 0.3) is 0 Å². The number of benzene rings is 2. The van der Waals surface area contributed by atoms with Crippen molar-refractivity contribution in [2.45, 2.75) is 4.34 Å². The van der Waals surface area contributed by atoms with Crippen molar-refractivity contribution in [3.8, 4) is 0 Å². The van der Waals surface area contributed by atoms with E-state index in [9.17, 15) is 14.0 Å². The highest BCUT2D eigenvalue weighted by Crippen LogP contribution is 2.27. The number of carbonyl (C=O) groups is 2. The largest absolute Gasteiger partial charge is 0.325 e. The molecule has 11 heteroatoms. The lowest BCUT2D eigenvalue weighted by Crippen LogP contribution is -2.13. The Morgan fingerprint density at radius 1 is 1.18 bits per heavy atom. The Bertz CT molecular complexity index is 1030. The molecule has 2 amide bonds. The third kappa shape index (κ3) is 5.74. The Morgan fingerprint density at radius 2 is 2.00 bits per heavy atom. The monoisotopic (exact) mass is 500 g/mol. The van der Waals surface area contributed by atoms with E-state index in [0.29, 0.717) is 20.6 Å². The Kier molecular flexibility index (Phi) is 7.00. The molecule has 0 aliphatic heterocycles. The van der Waals surface area contributed by atoms with Crippen LogP contribution < -0.4 is 10.6 Å². The number of hydrogen-bond donors (Lipinski definition) is 2. The fourth-order valence-corrected chi connectivity index (χ4v) is 4.16. The first-order valence-electron chi connectivity index (χ1n) is 7.69. The van der Waals surface area contributed by atoms with E-state index >= 15 is 0 Å². The van der Waals surface area contributed by atoms with E-state index in [4.69, 9.17) is 11.6 Å². The van der Waals surface area contributed by atoms with Crippen LogP contribution in [0.5, 0.6) is 0 Å². The molecule has 2 N–H and O–H groups in total. The molecule has 2 aromatic carbocycles. The minimum atomic E-state index is -0.430. The van der Waals surface area contributed by atoms with E-state index in [0.717, 1.165) is 27.6 Å². The van der Waals surface area contributed by atoms with E-state index in [1.54, 1.807) is 24.3 Å². The molecule has 28 heavy (non-hydrogen) atoms. The van der Waals surface area contributed by atoms with Crippen LogP contribution in [0.3, 0.4) is 0 Å². The van der Waals surface area contributed by atoms with Gasteiger partial charge in [0, 0.05) is 10.2 Å². The molecule has 0 saturated heterocycles. The molecular weight excluding hydrogens is 491 g/mol. The van der Waals surface area contributed by atoms with Crippen LogP contribution in [0.1, 0.15) is 10.4 Å². The van der Waals surface area contributed by atoms with Gasteiger partial charge in [0.2, 0.25) is 11.0 Å². The summed E-state index contributed by atoms with van der Waals surface area (Å²) in [5.41, 5.74) is 0.677. The summed E-state index contributed by atoms with van der Waals surface area (Å²) in [6, 6.07) is 10.6. The molecule has 0 unspecified atom stereocenters. The minimum absolute atomic E-state index is 0.0660. The summed E-state index contributed by atoms with van der Waals surface area (Å²) in [6.07, 6.45) is 0. The molecule has 3 rings (SSSR count). The fraction of sp³-hybridized carbons (Fsp3) is 0.0588. The molecule has 0 aliphatic carbocycles. The number of amides is 2. The van der Waals surface area contributed by atoms with Gasteiger partial charge in [-0.15, -0.1) is 10.2 Å². The first kappa shape index (κ1) is 20.7. The third-order valence-corrected chi connectivity index (χ3v) is 6.03. The number of rotatable bonds is 6. The van der Waals surface area contributed by atoms with E-state index in [1.807, 2.05) is 0 Å². The summed E-state index contributed by atoms with van der Waals surface area (Å²) in [6.45, 7) is 0. The molecule has 0 fully saturated rings. The van der Waals surface area contributed by atoms with E-state index < -0.39 is 11.7 Å². The van der Waals surface area contributed by atoms with Crippen molar-refractivity contribution in [3.63, 3.8) is 0 Å². The van der Waals surface area contributed by atoms with Crippen molar-refractivity contribution in [1.82, 2.24) is 10.2 Å². The van der Waals surface area contributed by atoms with Crippen molar-refractivity contribution >= 4 is 73.3 Å². The number of halogens is 3. The van der Waals surface area contributed by atoms with Crippen LogP contribution in [0.4, 0.5) is 15.2 Å². The first-order valence-corrected chi connectivity index (χ1v) is 10.7. The van der Waals surface area contributed by atoms with Gasteiger partial charge in [0.15, 0.2) is 4.34 Å². The SMILES string of the molecule is O=C(CSc1nnc(NC(=O)c2cc(Br)ccc2Cl)s1)Nc1cccc(F)c1. The molecule has 144 valence electrons. The molecule has 1 aromatic heterocycles. The predicted molar refractivity (Wildman–Crippen MR) is 113 cm³/mol. The van der Waals surface area contributed by atoms with Crippen LogP contribution in [-0.4, -0.2) is 27.8 Å². The van der Waals surface area contributed by atoms with Crippen molar-refractivity contribution in [3.05, 3.63) is 63.3 Å². The maximum atomic E-state index is 13.1. The van der Waals surface area contributed by atoms with Crippen LogP contribution >= 0.6 is 50.6 Å². The summed E-state index contributed by atoms with van der Waals surface area (Å²) in [7, 11) is 0. The van der Waals surface area contributed by atoms with Crippen molar-refractivity contribution in [2.75, 3.05) is 16.4 Å². The lowest BCUT2D eigenvalue weighted by Gasteiger charge is -2.04. The molecule has 0 bridgehead atoms. The van der Waals surface area contributed by atoms with Gasteiger partial charge in [-0.3, -0.25) is 14.9 Å². The van der Waals surface area contributed by atoms with E-state index in [-0.39, 0.29) is 16.8 Å². The molecule has 3 aromatic rings. The van der Waals surface area contributed by atoms with Gasteiger partial charge in [0.05, 0.1) is 16.3 Å². The van der Waals surface area contributed by atoms with Crippen molar-refractivity contribution < 1.29 is 14.0 Å². The molecule has 0 saturated carbocycles. The number of hydrogen-bond acceptors (Lipinski definition) is 6. The van der Waals surface area contributed by atoms with Gasteiger partial charge >= 0.3 is 0 Å². The van der Waals surface area contributed by atoms with Crippen molar-refractivity contribution in [1.29, 1.82) is 0 Å². The number of anilines is 2. The highest BCUT2D eigenvalue weighted by Gasteiger charge is 2.15. The third-order valence-electron chi connectivity index (χ3n) is 3.24. The predicted octanol–water partition coefficient (Wildman–Crippen LogP) is 5.08. The smallest absolute Gasteiger partial charge is 0.259 e. The van der Waals surface area contributed by atoms with E-state index in [1.165, 1.54) is 18.2 Å². The van der Waals surface area contributed by atoms with Gasteiger partial charge in [-0.1, -0.05) is 56.7 Å². The lowest BCUT2D eigenvalue weighted by molar-refractivity contribution is -0.113. The molecule has 0 spiro atoms. The summed E-state index contributed by atoms with van der Waals surface area (Å²) in [5, 5.41) is 13.6. The quantitative estimate of drug-likeness (QED) is 0.364. The molecular formula is C17H11BrClFN4O2S2. The summed E-state index contributed by atoms with van der Waals surface area (Å²) >= 11 is 11.6. The van der Waals surface area contributed by atoms with Gasteiger partial charge in [-0.2, -0.15) is 0 Å². The molecule has 0 atom stereocenters. The molecule has 0 aliphatic rings. The first-order chi connectivity index (χ1) is 13.4. The number of aromatic nitrogens is 2. The van der Waals surface area contributed by atoms with Gasteiger partial charge < -0.3 is 5.32 Å². The number of nitrogens with zero attached hydrogens (tertiary/aromatic N) is 2. The number of thioether (sulfide) groups is 1. The van der Waals surface area contributed by atoms with Gasteiger partial charge in [0.1, 0.15) is 5.82 Å². The zero-order valence-electron chi connectivity index (χ0n) is 13.9. The maximum Gasteiger partial charge on any atom is 0.259 e. The Balaban J connectivity index is 1.54. The zero-order valence-corrected chi connectivity index (χ0v) is 17.9. The van der Waals surface area contributed by atoms with Crippen LogP contribution in [0, 0.1) is 5.82 Å². The molecule has 0 radical (unpaired) electrons. The maximum absolute atomic E-state index is 13.1. The fourth-order valence-electron chi connectivity index (χ4n) is 2.05. The van der Waals surface area contributed by atoms with E-state index in [2.05, 4.69) is 36.8 Å². The normalized spacial score (nSPS) is 10.5. The summed E-state index contributed by atoms with van der Waals surface area (Å²) in [5.74, 6) is -1.09. The number of carbonyl (C=O) groups excluding carboxylic acids is 2. The number of nitrogens with one attached hydrogen (secondary N) is 2. The summed E-state index contributed by atoms with van der Waals surface area (Å²) < 4.78 is 14.4. The van der Waals surface area contributed by atoms with Crippen LogP contribution in [-0.2, 0) is 4.79 Å². The highest BCUT2D eigenvalue weighted by atomic mass is 79.9. The molecule has 6 nitrogen and oxygen atoms in total. The second-order valence-electron chi connectivity index (χ2n) is 5.30. The Labute approximate surface area is 181 Å². The Morgan fingerprint density at radius 3 is 2.79 bits per heavy atom. The molecule has 1 heterocycles. The Hall–Kier alpha value is -2.01. The second-order valence-corrected chi connectivity index (χ2v) is 8.82. The van der Waals surface area contributed by atoms with Crippen LogP contribution in [0.2, 0.25) is 5.02 Å². The van der Waals surface area contributed by atoms with Gasteiger partial charge in [-0.05, 0) is 36.4 Å². The zero-order chi connectivity index (χ0) is 20.1. The van der Waals surface area contributed by atoms with Gasteiger partial charge in [0.25, 0.3) is 5.91 Å². The topological polar surface area (TPSA) is 84.0 Å². The summed E-state index contributed by atoms with van der Waals surface area (Å²) in [4.78, 5) is 24.3. The average molecular weight is 502 g/mol. The minimum Gasteiger partial charge on any atom is -0.325 e. The highest BCUT2D eigenvalue weighted by molar-refractivity contribution is 9.10. The average Bonchev–Trinajstić information content (AvgIpc) is 3.09. The second kappa shape index (κ2) is 9.46. The van der Waals surface area contributed by atoms with Gasteiger partial charge in [-0.25, -0.2) is 4.39 Å². The standard InChI is InChI=1S/C17H11BrClFN4O2S2/c18-9-4-5-13(19)12(6-9)15(26)22-16-23-24-17(28-16)27-8-14(25)21-11-3-1-2-10(20)7-11/h1-7H,8H2,(H,21,25)(H,22,23,26).